The van der Waals surface area contributed by atoms with Gasteiger partial charge in [-0.3, -0.25) is 0 Å². The number of aryl methyl sites for hydroxylation is 6. The molecule has 0 saturated heterocycles. The Labute approximate surface area is 162 Å². The molecule has 0 spiro atoms. The van der Waals surface area contributed by atoms with Crippen molar-refractivity contribution in [2.45, 2.75) is 91.9 Å². The van der Waals surface area contributed by atoms with Crippen LogP contribution in [0.3, 0.4) is 0 Å². The largest absolute Gasteiger partial charge is 0.0564 e. The summed E-state index contributed by atoms with van der Waals surface area (Å²) in [5.41, 5.74) is 8.66. The highest BCUT2D eigenvalue weighted by atomic mass is 14.0. The molecule has 0 aliphatic heterocycles. The minimum absolute atomic E-state index is 1.25. The first-order chi connectivity index (χ1) is 12.5. The molecule has 2 rings (SSSR count). The van der Waals surface area contributed by atoms with Gasteiger partial charge in [-0.15, -0.1) is 0 Å². The van der Waals surface area contributed by atoms with Crippen molar-refractivity contribution in [2.75, 3.05) is 0 Å². The third-order valence-corrected chi connectivity index (χ3v) is 5.24. The van der Waals surface area contributed by atoms with Crippen LogP contribution < -0.4 is 0 Å². The Morgan fingerprint density at radius 2 is 0.654 bits per heavy atom. The molecule has 2 aromatic carbocycles. The van der Waals surface area contributed by atoms with Gasteiger partial charge in [0.1, 0.15) is 0 Å². The summed E-state index contributed by atoms with van der Waals surface area (Å²) < 4.78 is 0. The minimum Gasteiger partial charge on any atom is -0.0564 e. The van der Waals surface area contributed by atoms with Gasteiger partial charge in [-0.1, -0.05) is 97.2 Å². The topological polar surface area (TPSA) is 0 Å². The van der Waals surface area contributed by atoms with Gasteiger partial charge in [0.05, 0.1) is 0 Å². The minimum atomic E-state index is 1.25. The van der Waals surface area contributed by atoms with Gasteiger partial charge in [-0.25, -0.2) is 0 Å². The SMILES string of the molecule is Cc1cc(C)cc(CCCCCCCCCCc2cc(C)cc(C)c2)c1. The van der Waals surface area contributed by atoms with E-state index in [9.17, 15) is 0 Å². The van der Waals surface area contributed by atoms with E-state index >= 15 is 0 Å². The Kier molecular flexibility index (Phi) is 8.95. The van der Waals surface area contributed by atoms with E-state index in [-0.39, 0.29) is 0 Å². The highest BCUT2D eigenvalue weighted by Gasteiger charge is 1.99. The summed E-state index contributed by atoms with van der Waals surface area (Å²) in [5, 5.41) is 0. The number of rotatable bonds is 11. The maximum Gasteiger partial charge on any atom is -0.0279 e. The predicted octanol–water partition coefficient (Wildman–Crippen LogP) is 7.83. The van der Waals surface area contributed by atoms with E-state index in [0.29, 0.717) is 0 Å². The highest BCUT2D eigenvalue weighted by Crippen LogP contribution is 2.16. The van der Waals surface area contributed by atoms with E-state index in [0.717, 1.165) is 0 Å². The molecule has 0 saturated carbocycles. The van der Waals surface area contributed by atoms with Gasteiger partial charge in [-0.2, -0.15) is 0 Å². The van der Waals surface area contributed by atoms with Crippen LogP contribution in [-0.4, -0.2) is 0 Å². The number of benzene rings is 2. The van der Waals surface area contributed by atoms with Gasteiger partial charge >= 0.3 is 0 Å². The lowest BCUT2D eigenvalue weighted by atomic mass is 10.00. The van der Waals surface area contributed by atoms with Crippen molar-refractivity contribution in [3.8, 4) is 0 Å². The van der Waals surface area contributed by atoms with E-state index in [1.165, 1.54) is 97.6 Å². The van der Waals surface area contributed by atoms with Crippen LogP contribution in [-0.2, 0) is 12.8 Å². The number of hydrogen-bond donors (Lipinski definition) is 0. The Balaban J connectivity index is 1.47. The molecule has 0 aliphatic rings. The van der Waals surface area contributed by atoms with Gasteiger partial charge in [0.2, 0.25) is 0 Å². The first-order valence-electron chi connectivity index (χ1n) is 10.7. The van der Waals surface area contributed by atoms with E-state index in [2.05, 4.69) is 64.1 Å². The predicted molar refractivity (Wildman–Crippen MR) is 116 cm³/mol. The van der Waals surface area contributed by atoms with Crippen LogP contribution in [0.5, 0.6) is 0 Å². The first kappa shape index (κ1) is 20.7. The van der Waals surface area contributed by atoms with Gasteiger partial charge in [0.25, 0.3) is 0 Å². The maximum absolute atomic E-state index is 2.35. The fraction of sp³-hybridized carbons (Fsp3) is 0.538. The Morgan fingerprint density at radius 1 is 0.385 bits per heavy atom. The molecule has 0 fully saturated rings. The van der Waals surface area contributed by atoms with Gasteiger partial charge in [0, 0.05) is 0 Å². The monoisotopic (exact) mass is 350 g/mol. The zero-order valence-electron chi connectivity index (χ0n) is 17.5. The molecule has 0 N–H and O–H groups in total. The lowest BCUT2D eigenvalue weighted by Crippen LogP contribution is -1.90. The fourth-order valence-corrected chi connectivity index (χ4v) is 4.15. The van der Waals surface area contributed by atoms with Crippen LogP contribution in [0.2, 0.25) is 0 Å². The van der Waals surface area contributed by atoms with Crippen molar-refractivity contribution in [3.63, 3.8) is 0 Å². The molecule has 26 heavy (non-hydrogen) atoms. The summed E-state index contributed by atoms with van der Waals surface area (Å²) in [6, 6.07) is 13.9. The molecule has 0 aromatic heterocycles. The molecule has 0 amide bonds. The van der Waals surface area contributed by atoms with Crippen molar-refractivity contribution >= 4 is 0 Å². The van der Waals surface area contributed by atoms with Crippen LogP contribution in [0, 0.1) is 27.7 Å². The summed E-state index contributed by atoms with van der Waals surface area (Å²) in [5.74, 6) is 0. The number of hydrogen-bond acceptors (Lipinski definition) is 0. The van der Waals surface area contributed by atoms with Crippen molar-refractivity contribution < 1.29 is 0 Å². The molecule has 0 bridgehead atoms. The molecule has 0 nitrogen and oxygen atoms in total. The van der Waals surface area contributed by atoms with Crippen molar-refractivity contribution in [1.82, 2.24) is 0 Å². The molecular formula is C26H38. The van der Waals surface area contributed by atoms with Crippen molar-refractivity contribution in [2.24, 2.45) is 0 Å². The van der Waals surface area contributed by atoms with E-state index in [1.807, 2.05) is 0 Å². The molecule has 142 valence electrons. The molecule has 0 heterocycles. The van der Waals surface area contributed by atoms with Gasteiger partial charge < -0.3 is 0 Å². The van der Waals surface area contributed by atoms with Crippen molar-refractivity contribution in [1.29, 1.82) is 0 Å². The van der Waals surface area contributed by atoms with Gasteiger partial charge in [-0.05, 0) is 64.5 Å². The third-order valence-electron chi connectivity index (χ3n) is 5.24. The molecule has 0 heteroatoms. The molecule has 0 atom stereocenters. The zero-order valence-corrected chi connectivity index (χ0v) is 17.5. The molecule has 2 aromatic rings. The summed E-state index contributed by atoms with van der Waals surface area (Å²) in [4.78, 5) is 0. The summed E-state index contributed by atoms with van der Waals surface area (Å²) in [6.07, 6.45) is 13.6. The van der Waals surface area contributed by atoms with E-state index in [4.69, 9.17) is 0 Å². The quantitative estimate of drug-likeness (QED) is 0.362. The molecule has 0 aliphatic carbocycles. The summed E-state index contributed by atoms with van der Waals surface area (Å²) in [6.45, 7) is 8.82. The van der Waals surface area contributed by atoms with Crippen LogP contribution in [0.4, 0.5) is 0 Å². The average Bonchev–Trinajstić information content (AvgIpc) is 2.55. The number of unbranched alkanes of at least 4 members (excludes halogenated alkanes) is 7. The van der Waals surface area contributed by atoms with Crippen LogP contribution in [0.25, 0.3) is 0 Å². The lowest BCUT2D eigenvalue weighted by Gasteiger charge is -2.06. The fourth-order valence-electron chi connectivity index (χ4n) is 4.15. The lowest BCUT2D eigenvalue weighted by molar-refractivity contribution is 0.567. The first-order valence-corrected chi connectivity index (χ1v) is 10.7. The van der Waals surface area contributed by atoms with E-state index in [1.54, 1.807) is 0 Å². The van der Waals surface area contributed by atoms with Crippen LogP contribution in [0.15, 0.2) is 36.4 Å². The van der Waals surface area contributed by atoms with Crippen LogP contribution >= 0.6 is 0 Å². The normalized spacial score (nSPS) is 11.1. The van der Waals surface area contributed by atoms with E-state index < -0.39 is 0 Å². The smallest absolute Gasteiger partial charge is 0.0279 e. The summed E-state index contributed by atoms with van der Waals surface area (Å²) in [7, 11) is 0. The third kappa shape index (κ3) is 8.21. The second-order valence-corrected chi connectivity index (χ2v) is 8.32. The standard InChI is InChI=1S/C26H38/c1-21-15-22(2)18-25(17-21)13-11-9-7-5-6-8-10-12-14-26-19-23(3)16-24(4)20-26/h15-20H,5-14H2,1-4H3. The Bertz CT molecular complexity index is 566. The van der Waals surface area contributed by atoms with Crippen LogP contribution in [0.1, 0.15) is 84.7 Å². The second kappa shape index (κ2) is 11.2. The molecule has 0 unspecified atom stereocenters. The van der Waals surface area contributed by atoms with Gasteiger partial charge in [0.15, 0.2) is 0 Å². The summed E-state index contributed by atoms with van der Waals surface area (Å²) >= 11 is 0. The highest BCUT2D eigenvalue weighted by molar-refractivity contribution is 5.29. The van der Waals surface area contributed by atoms with Crippen molar-refractivity contribution in [3.05, 3.63) is 69.8 Å². The Morgan fingerprint density at radius 3 is 0.962 bits per heavy atom. The zero-order chi connectivity index (χ0) is 18.8. The maximum atomic E-state index is 2.35. The molecular weight excluding hydrogens is 312 g/mol. The second-order valence-electron chi connectivity index (χ2n) is 8.32. The average molecular weight is 351 g/mol. The Hall–Kier alpha value is -1.56. The molecule has 0 radical (unpaired) electrons.